The van der Waals surface area contributed by atoms with E-state index in [0.717, 1.165) is 35.4 Å². The number of carbonyl (C=O) groups excluding carboxylic acids is 1. The largest absolute Gasteiger partial charge is 0.394 e. The molecule has 1 atom stereocenters. The molecule has 1 N–H and O–H groups in total. The number of aromatic nitrogens is 2. The molecule has 1 saturated heterocycles. The quantitative estimate of drug-likeness (QED) is 0.801. The number of imidazole rings is 1. The van der Waals surface area contributed by atoms with E-state index in [1.165, 1.54) is 0 Å². The molecule has 1 aliphatic rings. The number of aryl methyl sites for hydroxylation is 1. The molecule has 1 fully saturated rings. The number of fused-ring (bicyclic) bond motifs is 1. The van der Waals surface area contributed by atoms with Gasteiger partial charge in [-0.25, -0.2) is 4.98 Å². The minimum atomic E-state index is -0.0631. The number of benzene rings is 2. The number of hydrogen-bond acceptors (Lipinski definition) is 3. The third-order valence-corrected chi connectivity index (χ3v) is 4.93. The minimum absolute atomic E-state index is 0.0228. The summed E-state index contributed by atoms with van der Waals surface area (Å²) in [4.78, 5) is 19.2. The molecule has 3 aromatic rings. The lowest BCUT2D eigenvalue weighted by molar-refractivity contribution is 0.0678. The average Bonchev–Trinajstić information content (AvgIpc) is 3.24. The van der Waals surface area contributed by atoms with Gasteiger partial charge < -0.3 is 10.0 Å². The molecule has 0 bridgehead atoms. The smallest absolute Gasteiger partial charge is 0.254 e. The van der Waals surface area contributed by atoms with Gasteiger partial charge in [0.15, 0.2) is 0 Å². The van der Waals surface area contributed by atoms with Gasteiger partial charge in [0.25, 0.3) is 5.91 Å². The number of aliphatic hydroxyl groups excluding tert-OH is 1. The second-order valence-corrected chi connectivity index (χ2v) is 6.51. The van der Waals surface area contributed by atoms with Crippen LogP contribution in [0.1, 0.15) is 29.0 Å². The second-order valence-electron chi connectivity index (χ2n) is 6.51. The van der Waals surface area contributed by atoms with Gasteiger partial charge in [-0.15, -0.1) is 0 Å². The molecular weight excluding hydrogens is 314 g/mol. The first kappa shape index (κ1) is 15.8. The van der Waals surface area contributed by atoms with Crippen molar-refractivity contribution < 1.29 is 9.90 Å². The maximum atomic E-state index is 12.8. The third kappa shape index (κ3) is 2.70. The van der Waals surface area contributed by atoms with Crippen molar-refractivity contribution in [2.24, 2.45) is 0 Å². The number of hydrogen-bond donors (Lipinski definition) is 1. The van der Waals surface area contributed by atoms with Gasteiger partial charge >= 0.3 is 0 Å². The molecule has 128 valence electrons. The Labute approximate surface area is 146 Å². The van der Waals surface area contributed by atoms with Gasteiger partial charge in [0, 0.05) is 17.8 Å². The van der Waals surface area contributed by atoms with Crippen LogP contribution in [0.25, 0.3) is 16.7 Å². The highest BCUT2D eigenvalue weighted by atomic mass is 16.3. The summed E-state index contributed by atoms with van der Waals surface area (Å²) < 4.78 is 2.09. The normalized spacial score (nSPS) is 17.4. The zero-order chi connectivity index (χ0) is 17.4. The maximum Gasteiger partial charge on any atom is 0.254 e. The first-order valence-corrected chi connectivity index (χ1v) is 8.65. The van der Waals surface area contributed by atoms with Crippen LogP contribution in [0, 0.1) is 6.92 Å². The van der Waals surface area contributed by atoms with Crippen molar-refractivity contribution in [2.45, 2.75) is 25.8 Å². The topological polar surface area (TPSA) is 58.4 Å². The van der Waals surface area contributed by atoms with Crippen LogP contribution in [0.15, 0.2) is 48.5 Å². The van der Waals surface area contributed by atoms with E-state index < -0.39 is 0 Å². The number of rotatable bonds is 3. The maximum absolute atomic E-state index is 12.8. The first-order valence-electron chi connectivity index (χ1n) is 8.65. The highest BCUT2D eigenvalue weighted by molar-refractivity contribution is 5.98. The van der Waals surface area contributed by atoms with Crippen LogP contribution in [0.4, 0.5) is 0 Å². The highest BCUT2D eigenvalue weighted by Gasteiger charge is 2.29. The Hall–Kier alpha value is -2.66. The van der Waals surface area contributed by atoms with E-state index in [2.05, 4.69) is 9.55 Å². The van der Waals surface area contributed by atoms with Gasteiger partial charge in [-0.3, -0.25) is 9.36 Å². The van der Waals surface area contributed by atoms with E-state index >= 15 is 0 Å². The van der Waals surface area contributed by atoms with E-state index in [1.54, 1.807) is 4.90 Å². The number of aliphatic hydroxyl groups is 1. The van der Waals surface area contributed by atoms with Crippen molar-refractivity contribution in [1.82, 2.24) is 14.5 Å². The molecule has 1 aromatic heterocycles. The summed E-state index contributed by atoms with van der Waals surface area (Å²) in [7, 11) is 0. The lowest BCUT2D eigenvalue weighted by Crippen LogP contribution is -2.37. The molecule has 4 rings (SSSR count). The van der Waals surface area contributed by atoms with Crippen LogP contribution in [0.3, 0.4) is 0 Å². The monoisotopic (exact) mass is 335 g/mol. The molecule has 0 aliphatic carbocycles. The predicted octanol–water partition coefficient (Wildman–Crippen LogP) is 2.93. The van der Waals surface area contributed by atoms with Crippen molar-refractivity contribution in [3.8, 4) is 5.69 Å². The SMILES string of the molecule is Cc1nc2cc(C(=O)N3CCC[C@@H]3CO)ccc2n1-c1ccccc1. The summed E-state index contributed by atoms with van der Waals surface area (Å²) >= 11 is 0. The lowest BCUT2D eigenvalue weighted by atomic mass is 10.1. The summed E-state index contributed by atoms with van der Waals surface area (Å²) in [6.45, 7) is 2.70. The van der Waals surface area contributed by atoms with Gasteiger partial charge in [0.2, 0.25) is 0 Å². The van der Waals surface area contributed by atoms with Crippen molar-refractivity contribution in [2.75, 3.05) is 13.2 Å². The van der Waals surface area contributed by atoms with E-state index in [1.807, 2.05) is 55.5 Å². The van der Waals surface area contributed by atoms with E-state index in [9.17, 15) is 9.90 Å². The molecule has 0 spiro atoms. The van der Waals surface area contributed by atoms with Crippen LogP contribution in [0.5, 0.6) is 0 Å². The van der Waals surface area contributed by atoms with Gasteiger partial charge in [-0.1, -0.05) is 18.2 Å². The Bertz CT molecular complexity index is 917. The molecule has 2 heterocycles. The van der Waals surface area contributed by atoms with Gasteiger partial charge in [0.1, 0.15) is 5.82 Å². The fourth-order valence-corrected chi connectivity index (χ4v) is 3.70. The summed E-state index contributed by atoms with van der Waals surface area (Å²) in [5.74, 6) is 0.866. The van der Waals surface area contributed by atoms with Crippen molar-refractivity contribution in [3.05, 3.63) is 59.9 Å². The molecule has 25 heavy (non-hydrogen) atoms. The summed E-state index contributed by atoms with van der Waals surface area (Å²) in [5, 5.41) is 9.46. The zero-order valence-corrected chi connectivity index (χ0v) is 14.2. The highest BCUT2D eigenvalue weighted by Crippen LogP contribution is 2.25. The molecule has 1 aliphatic heterocycles. The number of carbonyl (C=O) groups is 1. The Balaban J connectivity index is 1.74. The summed E-state index contributed by atoms with van der Waals surface area (Å²) in [6.07, 6.45) is 1.81. The van der Waals surface area contributed by atoms with Crippen LogP contribution in [-0.2, 0) is 0 Å². The van der Waals surface area contributed by atoms with E-state index in [-0.39, 0.29) is 18.6 Å². The van der Waals surface area contributed by atoms with E-state index in [4.69, 9.17) is 0 Å². The lowest BCUT2D eigenvalue weighted by Gasteiger charge is -2.23. The third-order valence-electron chi connectivity index (χ3n) is 4.93. The van der Waals surface area contributed by atoms with Gasteiger partial charge in [0.05, 0.1) is 23.7 Å². The molecule has 2 aromatic carbocycles. The van der Waals surface area contributed by atoms with Gasteiger partial charge in [-0.05, 0) is 50.1 Å². The number of amides is 1. The van der Waals surface area contributed by atoms with Crippen LogP contribution in [-0.4, -0.2) is 44.7 Å². The Kier molecular flexibility index (Phi) is 4.01. The number of nitrogens with zero attached hydrogens (tertiary/aromatic N) is 3. The van der Waals surface area contributed by atoms with Crippen molar-refractivity contribution >= 4 is 16.9 Å². The fourth-order valence-electron chi connectivity index (χ4n) is 3.70. The van der Waals surface area contributed by atoms with Crippen LogP contribution in [0.2, 0.25) is 0 Å². The molecule has 0 saturated carbocycles. The molecule has 0 radical (unpaired) electrons. The molecular formula is C20H21N3O2. The average molecular weight is 335 g/mol. The molecule has 5 heteroatoms. The molecule has 0 unspecified atom stereocenters. The summed E-state index contributed by atoms with van der Waals surface area (Å²) in [5.41, 5.74) is 3.49. The van der Waals surface area contributed by atoms with E-state index in [0.29, 0.717) is 12.1 Å². The predicted molar refractivity (Wildman–Crippen MR) is 97.0 cm³/mol. The number of likely N-dealkylation sites (tertiary alicyclic amines) is 1. The minimum Gasteiger partial charge on any atom is -0.394 e. The van der Waals surface area contributed by atoms with Gasteiger partial charge in [-0.2, -0.15) is 0 Å². The summed E-state index contributed by atoms with van der Waals surface area (Å²) in [6, 6.07) is 15.7. The Morgan fingerprint density at radius 2 is 2.04 bits per heavy atom. The Morgan fingerprint density at radius 1 is 1.24 bits per heavy atom. The fraction of sp³-hybridized carbons (Fsp3) is 0.300. The van der Waals surface area contributed by atoms with Crippen LogP contribution >= 0.6 is 0 Å². The van der Waals surface area contributed by atoms with Crippen LogP contribution < -0.4 is 0 Å². The van der Waals surface area contributed by atoms with Crippen molar-refractivity contribution in [3.63, 3.8) is 0 Å². The zero-order valence-electron chi connectivity index (χ0n) is 14.2. The Morgan fingerprint density at radius 3 is 2.80 bits per heavy atom. The standard InChI is InChI=1S/C20H21N3O2/c1-14-21-18-12-15(20(25)22-11-5-8-17(22)13-24)9-10-19(18)23(14)16-6-3-2-4-7-16/h2-4,6-7,9-10,12,17,24H,5,8,11,13H2,1H3/t17-/m1/s1. The second kappa shape index (κ2) is 6.33. The molecule has 1 amide bonds. The number of para-hydroxylation sites is 1. The first-order chi connectivity index (χ1) is 12.2. The molecule has 5 nitrogen and oxygen atoms in total. The van der Waals surface area contributed by atoms with Crippen molar-refractivity contribution in [1.29, 1.82) is 0 Å².